The Balaban J connectivity index is 2.12. The lowest BCUT2D eigenvalue weighted by Gasteiger charge is -2.03. The van der Waals surface area contributed by atoms with E-state index in [4.69, 9.17) is 5.73 Å². The zero-order chi connectivity index (χ0) is 13.2. The number of nitrogens with two attached hydrogens (primary N) is 1. The first-order chi connectivity index (χ1) is 9.28. The van der Waals surface area contributed by atoms with Gasteiger partial charge in [0.2, 0.25) is 0 Å². The van der Waals surface area contributed by atoms with Gasteiger partial charge in [-0.05, 0) is 30.8 Å². The Labute approximate surface area is 118 Å². The summed E-state index contributed by atoms with van der Waals surface area (Å²) in [5.74, 6) is 0.786. The van der Waals surface area contributed by atoms with Crippen molar-refractivity contribution in [1.29, 1.82) is 0 Å². The first kappa shape index (κ1) is 12.3. The van der Waals surface area contributed by atoms with E-state index in [0.717, 1.165) is 27.2 Å². The molecular formula is C13H12BrN5. The molecule has 0 saturated carbocycles. The van der Waals surface area contributed by atoms with Gasteiger partial charge in [-0.15, -0.1) is 10.2 Å². The summed E-state index contributed by atoms with van der Waals surface area (Å²) in [7, 11) is 0. The van der Waals surface area contributed by atoms with Crippen molar-refractivity contribution in [3.8, 4) is 11.3 Å². The van der Waals surface area contributed by atoms with Crippen molar-refractivity contribution in [1.82, 2.24) is 19.8 Å². The van der Waals surface area contributed by atoms with Crippen molar-refractivity contribution < 1.29 is 0 Å². The molecule has 3 rings (SSSR count). The Bertz CT molecular complexity index is 722. The highest BCUT2D eigenvalue weighted by molar-refractivity contribution is 9.10. The van der Waals surface area contributed by atoms with E-state index < -0.39 is 0 Å². The first-order valence-electron chi connectivity index (χ1n) is 5.95. The normalized spacial score (nSPS) is 11.1. The highest BCUT2D eigenvalue weighted by atomic mass is 79.9. The van der Waals surface area contributed by atoms with Crippen LogP contribution in [0.3, 0.4) is 0 Å². The van der Waals surface area contributed by atoms with Crippen LogP contribution in [0.1, 0.15) is 5.82 Å². The highest BCUT2D eigenvalue weighted by Gasteiger charge is 2.08. The molecule has 2 aromatic heterocycles. The fraction of sp³-hybridized carbons (Fsp3) is 0.154. The highest BCUT2D eigenvalue weighted by Crippen LogP contribution is 2.21. The second kappa shape index (κ2) is 5.07. The lowest BCUT2D eigenvalue weighted by molar-refractivity contribution is 0.793. The van der Waals surface area contributed by atoms with Crippen LogP contribution in [0, 0.1) is 0 Å². The van der Waals surface area contributed by atoms with Crippen LogP contribution in [0.4, 0.5) is 0 Å². The third-order valence-corrected chi connectivity index (χ3v) is 3.31. The van der Waals surface area contributed by atoms with Gasteiger partial charge in [0.15, 0.2) is 11.5 Å². The zero-order valence-corrected chi connectivity index (χ0v) is 11.7. The van der Waals surface area contributed by atoms with E-state index in [1.165, 1.54) is 0 Å². The fourth-order valence-corrected chi connectivity index (χ4v) is 2.32. The maximum Gasteiger partial charge on any atom is 0.177 e. The lowest BCUT2D eigenvalue weighted by Crippen LogP contribution is -2.08. The fourth-order valence-electron chi connectivity index (χ4n) is 1.92. The standard InChI is InChI=1S/C13H12BrN5/c14-10-3-1-2-9(8-10)11-4-5-12-16-17-13(6-7-15)19(12)18-11/h1-5,8H,6-7,15H2. The Hall–Kier alpha value is -1.79. The average molecular weight is 318 g/mol. The van der Waals surface area contributed by atoms with Gasteiger partial charge in [-0.1, -0.05) is 28.1 Å². The second-order valence-corrected chi connectivity index (χ2v) is 5.07. The van der Waals surface area contributed by atoms with Crippen molar-refractivity contribution in [3.05, 3.63) is 46.7 Å². The van der Waals surface area contributed by atoms with Crippen molar-refractivity contribution in [2.45, 2.75) is 6.42 Å². The van der Waals surface area contributed by atoms with Crippen LogP contribution in [-0.4, -0.2) is 26.4 Å². The third kappa shape index (κ3) is 2.36. The summed E-state index contributed by atoms with van der Waals surface area (Å²) in [5.41, 5.74) is 8.23. The lowest BCUT2D eigenvalue weighted by atomic mass is 10.1. The molecule has 0 aliphatic heterocycles. The Morgan fingerprint density at radius 2 is 2.05 bits per heavy atom. The summed E-state index contributed by atoms with van der Waals surface area (Å²) < 4.78 is 2.78. The van der Waals surface area contributed by atoms with Gasteiger partial charge in [0, 0.05) is 16.5 Å². The molecule has 0 amide bonds. The zero-order valence-electron chi connectivity index (χ0n) is 10.1. The Morgan fingerprint density at radius 3 is 2.84 bits per heavy atom. The number of hydrogen-bond acceptors (Lipinski definition) is 4. The largest absolute Gasteiger partial charge is 0.330 e. The molecule has 1 aromatic carbocycles. The number of benzene rings is 1. The number of halogens is 1. The smallest absolute Gasteiger partial charge is 0.177 e. The monoisotopic (exact) mass is 317 g/mol. The molecule has 0 spiro atoms. The second-order valence-electron chi connectivity index (χ2n) is 4.15. The van der Waals surface area contributed by atoms with Crippen molar-refractivity contribution >= 4 is 21.6 Å². The minimum absolute atomic E-state index is 0.531. The molecule has 0 bridgehead atoms. The summed E-state index contributed by atoms with van der Waals surface area (Å²) in [6.07, 6.45) is 0.663. The summed E-state index contributed by atoms with van der Waals surface area (Å²) in [6, 6.07) is 11.9. The van der Waals surface area contributed by atoms with Gasteiger partial charge in [-0.2, -0.15) is 9.61 Å². The van der Waals surface area contributed by atoms with Gasteiger partial charge in [0.1, 0.15) is 0 Å². The molecule has 6 heteroatoms. The van der Waals surface area contributed by atoms with Crippen molar-refractivity contribution in [2.24, 2.45) is 5.73 Å². The average Bonchev–Trinajstić information content (AvgIpc) is 2.82. The van der Waals surface area contributed by atoms with Crippen LogP contribution in [0.2, 0.25) is 0 Å². The summed E-state index contributed by atoms with van der Waals surface area (Å²) in [6.45, 7) is 0.531. The van der Waals surface area contributed by atoms with Crippen LogP contribution in [0.15, 0.2) is 40.9 Å². The van der Waals surface area contributed by atoms with Crippen molar-refractivity contribution in [2.75, 3.05) is 6.54 Å². The van der Waals surface area contributed by atoms with E-state index in [1.807, 2.05) is 36.4 Å². The minimum Gasteiger partial charge on any atom is -0.330 e. The third-order valence-electron chi connectivity index (χ3n) is 2.82. The molecule has 0 radical (unpaired) electrons. The predicted molar refractivity (Wildman–Crippen MR) is 76.7 cm³/mol. The molecular weight excluding hydrogens is 306 g/mol. The topological polar surface area (TPSA) is 69.1 Å². The summed E-state index contributed by atoms with van der Waals surface area (Å²) in [4.78, 5) is 0. The van der Waals surface area contributed by atoms with E-state index in [-0.39, 0.29) is 0 Å². The maximum atomic E-state index is 5.56. The molecule has 2 heterocycles. The molecule has 0 aliphatic carbocycles. The van der Waals surface area contributed by atoms with Gasteiger partial charge >= 0.3 is 0 Å². The van der Waals surface area contributed by atoms with Gasteiger partial charge in [0.25, 0.3) is 0 Å². The molecule has 0 aliphatic rings. The number of aromatic nitrogens is 4. The van der Waals surface area contributed by atoms with Gasteiger partial charge in [-0.3, -0.25) is 0 Å². The maximum absolute atomic E-state index is 5.56. The van der Waals surface area contributed by atoms with Gasteiger partial charge in [-0.25, -0.2) is 0 Å². The number of hydrogen-bond donors (Lipinski definition) is 1. The molecule has 0 atom stereocenters. The van der Waals surface area contributed by atoms with E-state index in [2.05, 4.69) is 31.2 Å². The summed E-state index contributed by atoms with van der Waals surface area (Å²) in [5, 5.41) is 12.8. The predicted octanol–water partition coefficient (Wildman–Crippen LogP) is 2.05. The van der Waals surface area contributed by atoms with E-state index in [0.29, 0.717) is 13.0 Å². The van der Waals surface area contributed by atoms with Crippen LogP contribution in [0.25, 0.3) is 16.9 Å². The first-order valence-corrected chi connectivity index (χ1v) is 6.74. The number of fused-ring (bicyclic) bond motifs is 1. The molecule has 3 aromatic rings. The van der Waals surface area contributed by atoms with Crippen molar-refractivity contribution in [3.63, 3.8) is 0 Å². The molecule has 96 valence electrons. The molecule has 2 N–H and O–H groups in total. The van der Waals surface area contributed by atoms with E-state index >= 15 is 0 Å². The number of rotatable bonds is 3. The van der Waals surface area contributed by atoms with Crippen LogP contribution in [-0.2, 0) is 6.42 Å². The molecule has 19 heavy (non-hydrogen) atoms. The van der Waals surface area contributed by atoms with Crippen LogP contribution < -0.4 is 5.73 Å². The molecule has 0 fully saturated rings. The molecule has 0 saturated heterocycles. The number of nitrogens with zero attached hydrogens (tertiary/aromatic N) is 4. The van der Waals surface area contributed by atoms with E-state index in [1.54, 1.807) is 4.52 Å². The minimum atomic E-state index is 0.531. The SMILES string of the molecule is NCCc1nnc2ccc(-c3cccc(Br)c3)nn12. The van der Waals surface area contributed by atoms with Gasteiger partial charge < -0.3 is 5.73 Å². The van der Waals surface area contributed by atoms with Gasteiger partial charge in [0.05, 0.1) is 5.69 Å². The summed E-state index contributed by atoms with van der Waals surface area (Å²) >= 11 is 3.47. The Morgan fingerprint density at radius 1 is 1.16 bits per heavy atom. The quantitative estimate of drug-likeness (QED) is 0.802. The van der Waals surface area contributed by atoms with Crippen LogP contribution >= 0.6 is 15.9 Å². The molecule has 5 nitrogen and oxygen atoms in total. The van der Waals surface area contributed by atoms with Crippen LogP contribution in [0.5, 0.6) is 0 Å². The molecule has 0 unspecified atom stereocenters. The van der Waals surface area contributed by atoms with E-state index in [9.17, 15) is 0 Å². The Kier molecular flexibility index (Phi) is 3.27.